The van der Waals surface area contributed by atoms with Gasteiger partial charge in [-0.2, -0.15) is 0 Å². The maximum Gasteiger partial charge on any atom is 0.0190 e. The average molecular weight is 184 g/mol. The third kappa shape index (κ3) is 2.68. The van der Waals surface area contributed by atoms with Crippen LogP contribution in [-0.2, 0) is 0 Å². The van der Waals surface area contributed by atoms with Crippen LogP contribution in [0.15, 0.2) is 0 Å². The van der Waals surface area contributed by atoms with Gasteiger partial charge < -0.3 is 5.73 Å². The largest absolute Gasteiger partial charge is 0.329 e. The Morgan fingerprint density at radius 2 is 1.92 bits per heavy atom. The Morgan fingerprint density at radius 1 is 1.38 bits per heavy atom. The Balaban J connectivity index is 2.38. The lowest BCUT2D eigenvalue weighted by atomic mass is 9.78. The first-order valence-corrected chi connectivity index (χ1v) is 5.55. The average Bonchev–Trinajstić information content (AvgIpc) is 2.18. The highest BCUT2D eigenvalue weighted by Gasteiger charge is 2.29. The van der Waals surface area contributed by atoms with E-state index in [1.807, 2.05) is 0 Å². The minimum atomic E-state index is 0.571. The molecule has 2 N–H and O–H groups in total. The highest BCUT2D eigenvalue weighted by atomic mass is 15.2. The van der Waals surface area contributed by atoms with Gasteiger partial charge in [0.1, 0.15) is 0 Å². The second-order valence-corrected chi connectivity index (χ2v) is 4.78. The SMILES string of the molecule is CCC1(C)CCN(C(C)CN)CC1. The van der Waals surface area contributed by atoms with E-state index in [4.69, 9.17) is 5.73 Å². The van der Waals surface area contributed by atoms with E-state index in [1.165, 1.54) is 32.4 Å². The van der Waals surface area contributed by atoms with Crippen molar-refractivity contribution in [2.24, 2.45) is 11.1 Å². The molecule has 0 aromatic rings. The van der Waals surface area contributed by atoms with Crippen LogP contribution in [0.2, 0.25) is 0 Å². The molecular weight excluding hydrogens is 160 g/mol. The van der Waals surface area contributed by atoms with Crippen LogP contribution in [0, 0.1) is 5.41 Å². The predicted molar refractivity (Wildman–Crippen MR) is 57.7 cm³/mol. The summed E-state index contributed by atoms with van der Waals surface area (Å²) in [5, 5.41) is 0. The summed E-state index contributed by atoms with van der Waals surface area (Å²) in [6, 6.07) is 0.571. The van der Waals surface area contributed by atoms with Crippen LogP contribution in [0.25, 0.3) is 0 Å². The summed E-state index contributed by atoms with van der Waals surface area (Å²) in [5.41, 5.74) is 6.26. The summed E-state index contributed by atoms with van der Waals surface area (Å²) >= 11 is 0. The fraction of sp³-hybridized carbons (Fsp3) is 1.00. The predicted octanol–water partition coefficient (Wildman–Crippen LogP) is 1.85. The molecule has 1 saturated heterocycles. The molecule has 2 heteroatoms. The summed E-state index contributed by atoms with van der Waals surface area (Å²) < 4.78 is 0. The quantitative estimate of drug-likeness (QED) is 0.725. The summed E-state index contributed by atoms with van der Waals surface area (Å²) in [5.74, 6) is 0. The smallest absolute Gasteiger partial charge is 0.0190 e. The molecule has 0 spiro atoms. The van der Waals surface area contributed by atoms with Crippen molar-refractivity contribution in [2.75, 3.05) is 19.6 Å². The first kappa shape index (κ1) is 11.0. The Kier molecular flexibility index (Phi) is 3.74. The number of hydrogen-bond acceptors (Lipinski definition) is 2. The first-order chi connectivity index (χ1) is 6.11. The van der Waals surface area contributed by atoms with Crippen molar-refractivity contribution in [3.8, 4) is 0 Å². The van der Waals surface area contributed by atoms with E-state index in [2.05, 4.69) is 25.7 Å². The second kappa shape index (κ2) is 4.43. The van der Waals surface area contributed by atoms with Crippen molar-refractivity contribution < 1.29 is 0 Å². The lowest BCUT2D eigenvalue weighted by Gasteiger charge is -2.41. The van der Waals surface area contributed by atoms with E-state index < -0.39 is 0 Å². The van der Waals surface area contributed by atoms with Crippen LogP contribution in [0.3, 0.4) is 0 Å². The first-order valence-electron chi connectivity index (χ1n) is 5.55. The molecule has 0 aromatic carbocycles. The van der Waals surface area contributed by atoms with E-state index in [0.717, 1.165) is 6.54 Å². The lowest BCUT2D eigenvalue weighted by molar-refractivity contribution is 0.0891. The van der Waals surface area contributed by atoms with Crippen LogP contribution in [0.1, 0.15) is 40.0 Å². The number of hydrogen-bond donors (Lipinski definition) is 1. The molecule has 1 aliphatic heterocycles. The molecule has 0 aliphatic carbocycles. The van der Waals surface area contributed by atoms with Crippen LogP contribution in [0.4, 0.5) is 0 Å². The summed E-state index contributed by atoms with van der Waals surface area (Å²) in [6.45, 7) is 10.2. The number of likely N-dealkylation sites (tertiary alicyclic amines) is 1. The molecular formula is C11H24N2. The number of piperidine rings is 1. The highest BCUT2D eigenvalue weighted by molar-refractivity contribution is 4.83. The fourth-order valence-electron chi connectivity index (χ4n) is 2.01. The van der Waals surface area contributed by atoms with Gasteiger partial charge in [-0.25, -0.2) is 0 Å². The van der Waals surface area contributed by atoms with Crippen molar-refractivity contribution in [3.63, 3.8) is 0 Å². The molecule has 0 amide bonds. The molecule has 78 valence electrons. The Hall–Kier alpha value is -0.0800. The van der Waals surface area contributed by atoms with E-state index in [0.29, 0.717) is 11.5 Å². The highest BCUT2D eigenvalue weighted by Crippen LogP contribution is 2.34. The van der Waals surface area contributed by atoms with Crippen LogP contribution < -0.4 is 5.73 Å². The van der Waals surface area contributed by atoms with E-state index in [1.54, 1.807) is 0 Å². The number of nitrogens with zero attached hydrogens (tertiary/aromatic N) is 1. The Bertz CT molecular complexity index is 148. The number of nitrogens with two attached hydrogens (primary N) is 1. The monoisotopic (exact) mass is 184 g/mol. The van der Waals surface area contributed by atoms with Gasteiger partial charge >= 0.3 is 0 Å². The molecule has 1 heterocycles. The normalized spacial score (nSPS) is 25.8. The van der Waals surface area contributed by atoms with Gasteiger partial charge in [0.25, 0.3) is 0 Å². The zero-order valence-corrected chi connectivity index (χ0v) is 9.34. The fourth-order valence-corrected chi connectivity index (χ4v) is 2.01. The van der Waals surface area contributed by atoms with Crippen LogP contribution >= 0.6 is 0 Å². The molecule has 1 rings (SSSR count). The second-order valence-electron chi connectivity index (χ2n) is 4.78. The van der Waals surface area contributed by atoms with Gasteiger partial charge in [-0.3, -0.25) is 4.90 Å². The molecule has 1 unspecified atom stereocenters. The number of rotatable bonds is 3. The van der Waals surface area contributed by atoms with Gasteiger partial charge in [0.2, 0.25) is 0 Å². The van der Waals surface area contributed by atoms with Gasteiger partial charge in [0, 0.05) is 12.6 Å². The maximum atomic E-state index is 5.66. The third-order valence-electron chi connectivity index (χ3n) is 3.82. The van der Waals surface area contributed by atoms with Crippen molar-refractivity contribution in [2.45, 2.75) is 46.1 Å². The van der Waals surface area contributed by atoms with Crippen LogP contribution in [0.5, 0.6) is 0 Å². The zero-order valence-electron chi connectivity index (χ0n) is 9.34. The van der Waals surface area contributed by atoms with Crippen LogP contribution in [-0.4, -0.2) is 30.6 Å². The molecule has 2 nitrogen and oxygen atoms in total. The summed E-state index contributed by atoms with van der Waals surface area (Å²) in [4.78, 5) is 2.53. The minimum Gasteiger partial charge on any atom is -0.329 e. The van der Waals surface area contributed by atoms with E-state index >= 15 is 0 Å². The van der Waals surface area contributed by atoms with Gasteiger partial charge in [-0.05, 0) is 38.3 Å². The van der Waals surface area contributed by atoms with Gasteiger partial charge in [-0.1, -0.05) is 20.3 Å². The van der Waals surface area contributed by atoms with Gasteiger partial charge in [-0.15, -0.1) is 0 Å². The molecule has 1 aliphatic rings. The molecule has 1 atom stereocenters. The molecule has 0 saturated carbocycles. The molecule has 0 aromatic heterocycles. The van der Waals surface area contributed by atoms with E-state index in [9.17, 15) is 0 Å². The molecule has 13 heavy (non-hydrogen) atoms. The van der Waals surface area contributed by atoms with Gasteiger partial charge in [0.15, 0.2) is 0 Å². The van der Waals surface area contributed by atoms with Crippen molar-refractivity contribution in [1.29, 1.82) is 0 Å². The standard InChI is InChI=1S/C11H24N2/c1-4-11(3)5-7-13(8-6-11)10(2)9-12/h10H,4-9,12H2,1-3H3. The van der Waals surface area contributed by atoms with E-state index in [-0.39, 0.29) is 0 Å². The molecule has 0 radical (unpaired) electrons. The molecule has 0 bridgehead atoms. The Morgan fingerprint density at radius 3 is 2.31 bits per heavy atom. The Labute approximate surface area is 82.5 Å². The lowest BCUT2D eigenvalue weighted by Crippen LogP contribution is -2.45. The van der Waals surface area contributed by atoms with Gasteiger partial charge in [0.05, 0.1) is 0 Å². The third-order valence-corrected chi connectivity index (χ3v) is 3.82. The van der Waals surface area contributed by atoms with Crippen molar-refractivity contribution >= 4 is 0 Å². The summed E-state index contributed by atoms with van der Waals surface area (Å²) in [6.07, 6.45) is 4.00. The minimum absolute atomic E-state index is 0.571. The zero-order chi connectivity index (χ0) is 9.90. The molecule has 1 fully saturated rings. The van der Waals surface area contributed by atoms with Crippen molar-refractivity contribution in [3.05, 3.63) is 0 Å². The van der Waals surface area contributed by atoms with Crippen molar-refractivity contribution in [1.82, 2.24) is 4.90 Å². The topological polar surface area (TPSA) is 29.3 Å². The summed E-state index contributed by atoms with van der Waals surface area (Å²) in [7, 11) is 0. The maximum absolute atomic E-state index is 5.66.